The first-order valence-corrected chi connectivity index (χ1v) is 10.9. The average molecular weight is 457 g/mol. The number of rotatable bonds is 7. The molecule has 0 fully saturated rings. The van der Waals surface area contributed by atoms with Crippen LogP contribution in [0.15, 0.2) is 41.4 Å². The number of nitrogen functional groups attached to an aromatic ring is 1. The minimum absolute atomic E-state index is 0.0685. The molecule has 0 aliphatic heterocycles. The number of hydrogen-bond donors (Lipinski definition) is 2. The predicted molar refractivity (Wildman–Crippen MR) is 123 cm³/mol. The van der Waals surface area contributed by atoms with Crippen molar-refractivity contribution in [1.29, 1.82) is 5.41 Å². The van der Waals surface area contributed by atoms with E-state index in [4.69, 9.17) is 15.9 Å². The lowest BCUT2D eigenvalue weighted by atomic mass is 9.89. The topological polar surface area (TPSA) is 111 Å². The van der Waals surface area contributed by atoms with Crippen LogP contribution in [0.25, 0.3) is 10.2 Å². The first-order valence-electron chi connectivity index (χ1n) is 10.0. The molecule has 32 heavy (non-hydrogen) atoms. The number of aryl methyl sites for hydroxylation is 1. The Bertz CT molecular complexity index is 1290. The number of halogens is 1. The maximum absolute atomic E-state index is 14.2. The van der Waals surface area contributed by atoms with Crippen LogP contribution < -0.4 is 15.3 Å². The molecule has 0 aliphatic rings. The molecule has 0 saturated heterocycles. The summed E-state index contributed by atoms with van der Waals surface area (Å²) in [4.78, 5) is 29.8. The third kappa shape index (κ3) is 4.77. The van der Waals surface area contributed by atoms with Crippen molar-refractivity contribution in [3.8, 4) is 5.75 Å². The number of amidine groups is 1. The Hall–Kier alpha value is -3.33. The van der Waals surface area contributed by atoms with Crippen LogP contribution in [0.5, 0.6) is 5.75 Å². The van der Waals surface area contributed by atoms with Gasteiger partial charge in [0.2, 0.25) is 0 Å². The van der Waals surface area contributed by atoms with Crippen LogP contribution in [0.3, 0.4) is 0 Å². The second-order valence-corrected chi connectivity index (χ2v) is 9.03. The molecule has 168 valence electrons. The third-order valence-corrected chi connectivity index (χ3v) is 6.32. The molecular formula is C23H25FN4O3S. The van der Waals surface area contributed by atoms with E-state index in [0.29, 0.717) is 13.1 Å². The van der Waals surface area contributed by atoms with Crippen LogP contribution in [-0.4, -0.2) is 28.7 Å². The van der Waals surface area contributed by atoms with Crippen molar-refractivity contribution in [2.75, 3.05) is 6.54 Å². The van der Waals surface area contributed by atoms with E-state index in [2.05, 4.69) is 4.99 Å². The molecule has 7 nitrogen and oxygen atoms in total. The van der Waals surface area contributed by atoms with Gasteiger partial charge in [0.1, 0.15) is 11.6 Å². The number of nitrogens with one attached hydrogen (secondary N) is 1. The van der Waals surface area contributed by atoms with E-state index in [1.54, 1.807) is 25.1 Å². The van der Waals surface area contributed by atoms with E-state index in [1.165, 1.54) is 23.5 Å². The van der Waals surface area contributed by atoms with Crippen molar-refractivity contribution in [3.63, 3.8) is 0 Å². The van der Waals surface area contributed by atoms with E-state index in [0.717, 1.165) is 21.1 Å². The van der Waals surface area contributed by atoms with Gasteiger partial charge in [-0.2, -0.15) is 0 Å². The average Bonchev–Trinajstić information content (AvgIpc) is 3.10. The van der Waals surface area contributed by atoms with Gasteiger partial charge in [-0.1, -0.05) is 25.2 Å². The van der Waals surface area contributed by atoms with Gasteiger partial charge in [-0.25, -0.2) is 9.18 Å². The number of carbonyl (C=O) groups excluding carboxylic acids is 2. The molecule has 0 bridgehead atoms. The highest BCUT2D eigenvalue weighted by Gasteiger charge is 2.23. The van der Waals surface area contributed by atoms with Gasteiger partial charge in [0.25, 0.3) is 0 Å². The Morgan fingerprint density at radius 2 is 1.91 bits per heavy atom. The predicted octanol–water partition coefficient (Wildman–Crippen LogP) is 3.88. The molecule has 0 amide bonds. The van der Waals surface area contributed by atoms with Gasteiger partial charge in [0.15, 0.2) is 16.4 Å². The van der Waals surface area contributed by atoms with Crippen LogP contribution in [0.2, 0.25) is 0 Å². The quantitative estimate of drug-likeness (QED) is 0.243. The number of esters is 1. The number of nitrogens with zero attached hydrogens (tertiary/aromatic N) is 2. The first kappa shape index (κ1) is 23.3. The van der Waals surface area contributed by atoms with Gasteiger partial charge in [-0.3, -0.25) is 15.2 Å². The van der Waals surface area contributed by atoms with Gasteiger partial charge in [0.05, 0.1) is 22.3 Å². The van der Waals surface area contributed by atoms with Crippen molar-refractivity contribution in [2.45, 2.75) is 34.2 Å². The fourth-order valence-electron chi connectivity index (χ4n) is 2.91. The zero-order chi connectivity index (χ0) is 23.6. The van der Waals surface area contributed by atoms with Gasteiger partial charge < -0.3 is 15.0 Å². The Labute approximate surface area is 188 Å². The number of aromatic nitrogens is 1. The molecule has 0 spiro atoms. The minimum Gasteiger partial charge on any atom is -0.420 e. The number of nitrogens with two attached hydrogens (primary N) is 1. The normalized spacial score (nSPS) is 12.2. The third-order valence-electron chi connectivity index (χ3n) is 5.24. The summed E-state index contributed by atoms with van der Waals surface area (Å²) in [5.74, 6) is -1.92. The van der Waals surface area contributed by atoms with E-state index in [9.17, 15) is 14.0 Å². The summed E-state index contributed by atoms with van der Waals surface area (Å²) >= 11 is 1.41. The monoisotopic (exact) mass is 456 g/mol. The fourth-order valence-corrected chi connectivity index (χ4v) is 4.04. The van der Waals surface area contributed by atoms with E-state index in [-0.39, 0.29) is 28.5 Å². The molecule has 0 atom stereocenters. The van der Waals surface area contributed by atoms with Crippen LogP contribution in [0, 0.1) is 16.6 Å². The van der Waals surface area contributed by atoms with Gasteiger partial charge in [-0.05, 0) is 50.2 Å². The van der Waals surface area contributed by atoms with Crippen molar-refractivity contribution in [2.24, 2.45) is 16.1 Å². The Balaban J connectivity index is 1.92. The second kappa shape index (κ2) is 9.04. The summed E-state index contributed by atoms with van der Waals surface area (Å²) in [7, 11) is 0. The SMILES string of the molecule is CCn1c(=NCC(C)(C)C(C)=O)sc2cc(C(=O)Oc3ccc(C(=N)N)cc3F)ccc21. The van der Waals surface area contributed by atoms with Gasteiger partial charge in [-0.15, -0.1) is 0 Å². The lowest BCUT2D eigenvalue weighted by molar-refractivity contribution is -0.124. The van der Waals surface area contributed by atoms with Crippen molar-refractivity contribution in [1.82, 2.24) is 4.57 Å². The Morgan fingerprint density at radius 1 is 1.22 bits per heavy atom. The molecule has 1 aromatic heterocycles. The lowest BCUT2D eigenvalue weighted by Crippen LogP contribution is -2.27. The molecule has 0 radical (unpaired) electrons. The second-order valence-electron chi connectivity index (χ2n) is 8.02. The zero-order valence-corrected chi connectivity index (χ0v) is 19.2. The summed E-state index contributed by atoms with van der Waals surface area (Å²) in [6, 6.07) is 8.84. The van der Waals surface area contributed by atoms with Gasteiger partial charge in [0, 0.05) is 17.5 Å². The molecule has 2 aromatic carbocycles. The maximum Gasteiger partial charge on any atom is 0.343 e. The number of fused-ring (bicyclic) bond motifs is 1. The Kier molecular flexibility index (Phi) is 6.59. The Morgan fingerprint density at radius 3 is 2.50 bits per heavy atom. The molecule has 1 heterocycles. The smallest absolute Gasteiger partial charge is 0.343 e. The number of thiazole rings is 1. The van der Waals surface area contributed by atoms with E-state index >= 15 is 0 Å². The van der Waals surface area contributed by atoms with Crippen LogP contribution in [0.4, 0.5) is 4.39 Å². The molecule has 0 unspecified atom stereocenters. The molecule has 3 rings (SSSR count). The molecule has 3 aromatic rings. The largest absolute Gasteiger partial charge is 0.420 e. The first-order chi connectivity index (χ1) is 15.0. The molecule has 9 heteroatoms. The number of ether oxygens (including phenoxy) is 1. The molecule has 0 aliphatic carbocycles. The molecular weight excluding hydrogens is 431 g/mol. The van der Waals surface area contributed by atoms with Crippen molar-refractivity contribution >= 4 is 39.1 Å². The summed E-state index contributed by atoms with van der Waals surface area (Å²) in [5, 5.41) is 7.35. The summed E-state index contributed by atoms with van der Waals surface area (Å²) in [6.07, 6.45) is 0. The fraction of sp³-hybridized carbons (Fsp3) is 0.304. The zero-order valence-electron chi connectivity index (χ0n) is 18.4. The molecule has 0 saturated carbocycles. The minimum atomic E-state index is -0.777. The molecule has 3 N–H and O–H groups in total. The number of Topliss-reactive ketones (excluding diaryl/α,β-unsaturated/α-hetero) is 1. The summed E-state index contributed by atoms with van der Waals surface area (Å²) in [5.41, 5.74) is 6.17. The van der Waals surface area contributed by atoms with Crippen LogP contribution in [0.1, 0.15) is 43.6 Å². The van der Waals surface area contributed by atoms with Gasteiger partial charge >= 0.3 is 5.97 Å². The highest BCUT2D eigenvalue weighted by molar-refractivity contribution is 7.16. The summed E-state index contributed by atoms with van der Waals surface area (Å²) < 4.78 is 22.3. The van der Waals surface area contributed by atoms with E-state index < -0.39 is 17.2 Å². The summed E-state index contributed by atoms with van der Waals surface area (Å²) in [6.45, 7) is 8.31. The number of hydrogen-bond acceptors (Lipinski definition) is 6. The van der Waals surface area contributed by atoms with E-state index in [1.807, 2.05) is 25.3 Å². The van der Waals surface area contributed by atoms with Crippen LogP contribution in [-0.2, 0) is 11.3 Å². The maximum atomic E-state index is 14.2. The van der Waals surface area contributed by atoms with Crippen molar-refractivity contribution in [3.05, 3.63) is 58.1 Å². The highest BCUT2D eigenvalue weighted by Crippen LogP contribution is 2.23. The standard InChI is InChI=1S/C23H25FN4O3S/c1-5-28-17-8-6-15(11-19(17)32-22(28)27-12-23(3,4)13(2)29)21(30)31-18-9-7-14(20(25)26)10-16(18)24/h6-11H,5,12H2,1-4H3,(H3,25,26). The lowest BCUT2D eigenvalue weighted by Gasteiger charge is -2.17. The number of carbonyl (C=O) groups is 2. The van der Waals surface area contributed by atoms with Crippen LogP contribution >= 0.6 is 11.3 Å². The number of ketones is 1. The highest BCUT2D eigenvalue weighted by atomic mass is 32.1. The van der Waals surface area contributed by atoms with Crippen molar-refractivity contribution < 1.29 is 18.7 Å². The number of benzene rings is 2.